The average molecular weight is 409 g/mol. The maximum atomic E-state index is 10.0. The molecular weight excluding hydrogens is 394 g/mol. The molecule has 0 spiro atoms. The van der Waals surface area contributed by atoms with Crippen molar-refractivity contribution in [2.75, 3.05) is 6.61 Å². The maximum absolute atomic E-state index is 10.0. The van der Waals surface area contributed by atoms with Gasteiger partial charge in [-0.1, -0.05) is 11.6 Å². The van der Waals surface area contributed by atoms with Crippen molar-refractivity contribution in [2.45, 2.75) is 30.7 Å². The van der Waals surface area contributed by atoms with Crippen LogP contribution in [0.2, 0.25) is 5.02 Å². The second kappa shape index (κ2) is 6.56. The smallest absolute Gasteiger partial charge is 0.229 e. The molecule has 0 unspecified atom stereocenters. The van der Waals surface area contributed by atoms with E-state index in [1.54, 1.807) is 18.3 Å². The first-order valence-electron chi connectivity index (χ1n) is 6.85. The molecule has 126 valence electrons. The second-order valence-electron chi connectivity index (χ2n) is 5.28. The lowest BCUT2D eigenvalue weighted by Gasteiger charge is -2.39. The van der Waals surface area contributed by atoms with E-state index in [0.29, 0.717) is 20.6 Å². The van der Waals surface area contributed by atoms with Crippen molar-refractivity contribution in [2.24, 2.45) is 0 Å². The lowest BCUT2D eigenvalue weighted by Crippen LogP contribution is -2.60. The van der Waals surface area contributed by atoms with Crippen molar-refractivity contribution < 1.29 is 29.9 Å². The lowest BCUT2D eigenvalue weighted by molar-refractivity contribution is -0.277. The third-order valence-electron chi connectivity index (χ3n) is 3.78. The Morgan fingerprint density at radius 1 is 1.22 bits per heavy atom. The zero-order valence-electron chi connectivity index (χ0n) is 11.7. The van der Waals surface area contributed by atoms with Crippen LogP contribution in [0, 0.1) is 0 Å². The molecule has 0 aliphatic carbocycles. The van der Waals surface area contributed by atoms with Crippen LogP contribution < -0.4 is 4.74 Å². The molecule has 23 heavy (non-hydrogen) atoms. The van der Waals surface area contributed by atoms with Crippen LogP contribution >= 0.6 is 27.5 Å². The summed E-state index contributed by atoms with van der Waals surface area (Å²) in [7, 11) is 0. The van der Waals surface area contributed by atoms with Gasteiger partial charge in [0, 0.05) is 16.1 Å². The van der Waals surface area contributed by atoms with E-state index in [-0.39, 0.29) is 0 Å². The van der Waals surface area contributed by atoms with Crippen molar-refractivity contribution in [3.8, 4) is 5.75 Å². The molecule has 1 aliphatic rings. The molecule has 0 radical (unpaired) electrons. The minimum absolute atomic E-state index is 0.377. The molecule has 1 aromatic carbocycles. The van der Waals surface area contributed by atoms with E-state index in [4.69, 9.17) is 21.1 Å². The van der Waals surface area contributed by atoms with Gasteiger partial charge in [0.05, 0.1) is 17.1 Å². The molecule has 1 fully saturated rings. The predicted molar refractivity (Wildman–Crippen MR) is 85.4 cm³/mol. The Balaban J connectivity index is 1.88. The standard InChI is InChI=1S/C14H15BrClNO6/c15-6-1-5-8(2-7(6)16)17-3-9(5)22-14-13(21)12(20)11(19)10(4-18)23-14/h1-3,10-14,17-21H,4H2/t10-,11-,12+,13-,14-/m0/s1. The first kappa shape index (κ1) is 17.0. The van der Waals surface area contributed by atoms with Crippen molar-refractivity contribution in [1.82, 2.24) is 4.98 Å². The molecule has 3 rings (SSSR count). The summed E-state index contributed by atoms with van der Waals surface area (Å²) >= 11 is 9.35. The van der Waals surface area contributed by atoms with Gasteiger partial charge in [0.15, 0.2) is 0 Å². The fraction of sp³-hybridized carbons (Fsp3) is 0.429. The van der Waals surface area contributed by atoms with Crippen molar-refractivity contribution >= 4 is 38.4 Å². The molecule has 0 amide bonds. The Bertz CT molecular complexity index is 708. The van der Waals surface area contributed by atoms with Crippen LogP contribution in [-0.4, -0.2) is 62.7 Å². The minimum atomic E-state index is -1.49. The van der Waals surface area contributed by atoms with Crippen LogP contribution in [0.5, 0.6) is 5.75 Å². The fourth-order valence-corrected chi connectivity index (χ4v) is 2.99. The van der Waals surface area contributed by atoms with Crippen LogP contribution in [-0.2, 0) is 4.74 Å². The maximum Gasteiger partial charge on any atom is 0.229 e. The first-order chi connectivity index (χ1) is 10.9. The van der Waals surface area contributed by atoms with E-state index in [9.17, 15) is 20.4 Å². The number of aromatic amines is 1. The van der Waals surface area contributed by atoms with Crippen LogP contribution in [0.1, 0.15) is 0 Å². The number of aliphatic hydroxyl groups excluding tert-OH is 4. The summed E-state index contributed by atoms with van der Waals surface area (Å²) in [5, 5.41) is 40.0. The normalized spacial score (nSPS) is 31.5. The van der Waals surface area contributed by atoms with Crippen LogP contribution in [0.4, 0.5) is 0 Å². The molecule has 2 aromatic rings. The third-order valence-corrected chi connectivity index (χ3v) is 4.97. The highest BCUT2D eigenvalue weighted by atomic mass is 79.9. The molecular formula is C14H15BrClNO6. The number of rotatable bonds is 3. The number of nitrogens with one attached hydrogen (secondary N) is 1. The third kappa shape index (κ3) is 3.08. The van der Waals surface area contributed by atoms with Gasteiger partial charge in [0.25, 0.3) is 0 Å². The first-order valence-corrected chi connectivity index (χ1v) is 8.02. The van der Waals surface area contributed by atoms with Gasteiger partial charge in [0.2, 0.25) is 6.29 Å². The molecule has 9 heteroatoms. The van der Waals surface area contributed by atoms with Crippen molar-refractivity contribution in [3.63, 3.8) is 0 Å². The number of hydrogen-bond donors (Lipinski definition) is 5. The summed E-state index contributed by atoms with van der Waals surface area (Å²) in [5.74, 6) is 0.377. The number of hydrogen-bond acceptors (Lipinski definition) is 6. The topological polar surface area (TPSA) is 115 Å². The Labute approximate surface area is 144 Å². The van der Waals surface area contributed by atoms with Crippen LogP contribution in [0.15, 0.2) is 22.8 Å². The second-order valence-corrected chi connectivity index (χ2v) is 6.54. The predicted octanol–water partition coefficient (Wildman–Crippen LogP) is 0.762. The van der Waals surface area contributed by atoms with Gasteiger partial charge in [0.1, 0.15) is 30.2 Å². The van der Waals surface area contributed by atoms with E-state index in [0.717, 1.165) is 5.52 Å². The molecule has 5 N–H and O–H groups in total. The Morgan fingerprint density at radius 2 is 1.96 bits per heavy atom. The molecule has 0 bridgehead atoms. The summed E-state index contributed by atoms with van der Waals surface area (Å²) in [6, 6.07) is 3.45. The summed E-state index contributed by atoms with van der Waals surface area (Å²) in [6.45, 7) is -0.514. The average Bonchev–Trinajstić information content (AvgIpc) is 2.90. The fourth-order valence-electron chi connectivity index (χ4n) is 2.48. The lowest BCUT2D eigenvalue weighted by atomic mass is 9.99. The summed E-state index contributed by atoms with van der Waals surface area (Å²) < 4.78 is 11.6. The highest BCUT2D eigenvalue weighted by molar-refractivity contribution is 9.10. The number of halogens is 2. The number of aromatic nitrogens is 1. The van der Waals surface area contributed by atoms with Crippen molar-refractivity contribution in [3.05, 3.63) is 27.8 Å². The van der Waals surface area contributed by atoms with Gasteiger partial charge in [-0.15, -0.1) is 0 Å². The van der Waals surface area contributed by atoms with E-state index < -0.39 is 37.3 Å². The van der Waals surface area contributed by atoms with Crippen LogP contribution in [0.25, 0.3) is 10.9 Å². The summed E-state index contributed by atoms with van der Waals surface area (Å²) in [5.41, 5.74) is 0.720. The van der Waals surface area contributed by atoms with Gasteiger partial charge >= 0.3 is 0 Å². The number of benzene rings is 1. The number of H-pyrrole nitrogens is 1. The minimum Gasteiger partial charge on any atom is -0.460 e. The zero-order valence-corrected chi connectivity index (χ0v) is 14.0. The largest absolute Gasteiger partial charge is 0.460 e. The molecule has 0 saturated carbocycles. The summed E-state index contributed by atoms with van der Waals surface area (Å²) in [4.78, 5) is 2.98. The molecule has 1 aromatic heterocycles. The molecule has 5 atom stereocenters. The highest BCUT2D eigenvalue weighted by Gasteiger charge is 2.44. The Hall–Kier alpha value is -0.870. The van der Waals surface area contributed by atoms with Gasteiger partial charge in [-0.25, -0.2) is 0 Å². The quantitative estimate of drug-likeness (QED) is 0.512. The number of aliphatic hydroxyl groups is 4. The summed E-state index contributed by atoms with van der Waals surface area (Å²) in [6.07, 6.45) is -5.07. The monoisotopic (exact) mass is 407 g/mol. The Kier molecular flexibility index (Phi) is 4.84. The Morgan fingerprint density at radius 3 is 2.65 bits per heavy atom. The van der Waals surface area contributed by atoms with Crippen LogP contribution in [0.3, 0.4) is 0 Å². The zero-order chi connectivity index (χ0) is 16.7. The number of fused-ring (bicyclic) bond motifs is 1. The van der Waals surface area contributed by atoms with Gasteiger partial charge < -0.3 is 34.9 Å². The molecule has 2 heterocycles. The molecule has 7 nitrogen and oxygen atoms in total. The van der Waals surface area contributed by atoms with Gasteiger partial charge in [-0.2, -0.15) is 0 Å². The number of ether oxygens (including phenoxy) is 2. The van der Waals surface area contributed by atoms with E-state index >= 15 is 0 Å². The molecule has 1 aliphatic heterocycles. The molecule has 1 saturated heterocycles. The SMILES string of the molecule is OC[C@@H]1O[C@H](Oc2c[nH]c3cc(Cl)c(Br)cc23)[C@@H](O)[C@H](O)[C@H]1O. The highest BCUT2D eigenvalue weighted by Crippen LogP contribution is 2.34. The van der Waals surface area contributed by atoms with E-state index in [1.165, 1.54) is 0 Å². The van der Waals surface area contributed by atoms with E-state index in [1.807, 2.05) is 0 Å². The van der Waals surface area contributed by atoms with Gasteiger partial charge in [-0.05, 0) is 28.1 Å². The van der Waals surface area contributed by atoms with Crippen molar-refractivity contribution in [1.29, 1.82) is 0 Å². The van der Waals surface area contributed by atoms with E-state index in [2.05, 4.69) is 20.9 Å². The van der Waals surface area contributed by atoms with Gasteiger partial charge in [-0.3, -0.25) is 0 Å².